The minimum absolute atomic E-state index is 0.0484. The average molecular weight is 552 g/mol. The number of benzene rings is 3. The lowest BCUT2D eigenvalue weighted by molar-refractivity contribution is -0.129. The summed E-state index contributed by atoms with van der Waals surface area (Å²) in [7, 11) is 1.58. The molecule has 1 fully saturated rings. The molecule has 0 spiro atoms. The maximum Gasteiger partial charge on any atom is 0.229 e. The second-order valence-electron chi connectivity index (χ2n) is 8.68. The molecule has 5 rings (SSSR count). The SMILES string of the molecule is COc1cc([C@@H]2CC(=O)N3CN(c4cc(Cl)cc(Cl)c4)CSC3=C2C#N)ccc1OCc1ccccc1. The lowest BCUT2D eigenvalue weighted by atomic mass is 9.86. The van der Waals surface area contributed by atoms with Crippen molar-refractivity contribution >= 4 is 46.6 Å². The lowest BCUT2D eigenvalue weighted by Gasteiger charge is -2.42. The summed E-state index contributed by atoms with van der Waals surface area (Å²) < 4.78 is 11.6. The molecule has 0 saturated carbocycles. The van der Waals surface area contributed by atoms with Crippen LogP contribution in [0.4, 0.5) is 5.69 Å². The maximum atomic E-state index is 13.3. The van der Waals surface area contributed by atoms with Gasteiger partial charge in [0.15, 0.2) is 11.5 Å². The van der Waals surface area contributed by atoms with Gasteiger partial charge in [0.2, 0.25) is 5.91 Å². The molecule has 0 aromatic heterocycles. The quantitative estimate of drug-likeness (QED) is 0.335. The highest BCUT2D eigenvalue weighted by molar-refractivity contribution is 8.03. The molecule has 2 aliphatic heterocycles. The summed E-state index contributed by atoms with van der Waals surface area (Å²) in [5.41, 5.74) is 3.29. The second-order valence-corrected chi connectivity index (χ2v) is 10.5. The molecule has 0 bridgehead atoms. The lowest BCUT2D eigenvalue weighted by Crippen LogP contribution is -2.47. The first-order valence-electron chi connectivity index (χ1n) is 11.6. The molecule has 1 atom stereocenters. The van der Waals surface area contributed by atoms with Crippen LogP contribution < -0.4 is 14.4 Å². The van der Waals surface area contributed by atoms with Crippen molar-refractivity contribution in [2.24, 2.45) is 0 Å². The summed E-state index contributed by atoms with van der Waals surface area (Å²) in [6.07, 6.45) is 0.185. The van der Waals surface area contributed by atoms with Crippen LogP contribution in [0.25, 0.3) is 0 Å². The molecule has 37 heavy (non-hydrogen) atoms. The molecular formula is C28H23Cl2N3O3S. The number of rotatable bonds is 6. The normalized spacial score (nSPS) is 17.4. The van der Waals surface area contributed by atoms with E-state index < -0.39 is 0 Å². The van der Waals surface area contributed by atoms with Crippen molar-refractivity contribution in [2.45, 2.75) is 18.9 Å². The third-order valence-corrected chi connectivity index (χ3v) is 7.92. The second kappa shape index (κ2) is 11.0. The van der Waals surface area contributed by atoms with Gasteiger partial charge in [0, 0.05) is 28.1 Å². The van der Waals surface area contributed by atoms with Gasteiger partial charge in [-0.15, -0.1) is 0 Å². The summed E-state index contributed by atoms with van der Waals surface area (Å²) in [4.78, 5) is 17.0. The number of carbonyl (C=O) groups excluding carboxylic acids is 1. The number of nitrogens with zero attached hydrogens (tertiary/aromatic N) is 3. The van der Waals surface area contributed by atoms with E-state index in [-0.39, 0.29) is 18.2 Å². The predicted octanol–water partition coefficient (Wildman–Crippen LogP) is 6.80. The van der Waals surface area contributed by atoms with Crippen LogP contribution in [0.2, 0.25) is 10.0 Å². The maximum absolute atomic E-state index is 13.3. The van der Waals surface area contributed by atoms with E-state index in [0.717, 1.165) is 16.8 Å². The van der Waals surface area contributed by atoms with Crippen molar-refractivity contribution in [3.05, 3.63) is 98.5 Å². The molecule has 6 nitrogen and oxygen atoms in total. The van der Waals surface area contributed by atoms with E-state index in [1.807, 2.05) is 65.6 Å². The van der Waals surface area contributed by atoms with Gasteiger partial charge in [-0.05, 0) is 41.5 Å². The molecule has 0 radical (unpaired) electrons. The zero-order valence-electron chi connectivity index (χ0n) is 20.0. The molecule has 0 aliphatic carbocycles. The molecule has 2 aliphatic rings. The van der Waals surface area contributed by atoms with Gasteiger partial charge in [-0.1, -0.05) is 71.4 Å². The predicted molar refractivity (Wildman–Crippen MR) is 147 cm³/mol. The Morgan fingerprint density at radius 3 is 2.51 bits per heavy atom. The standard InChI is InChI=1S/C28H23Cl2N3O3S/c1-35-26-9-19(7-8-25(26)36-15-18-5-3-2-4-6-18)23-13-27(34)33-16-32(17-37-28(33)24(23)14-31)22-11-20(29)10-21(30)12-22/h2-12,23H,13,15-17H2,1H3/t23-/m0/s1. The molecule has 188 valence electrons. The fourth-order valence-electron chi connectivity index (χ4n) is 4.49. The Hall–Kier alpha value is -3.31. The topological polar surface area (TPSA) is 65.8 Å². The van der Waals surface area contributed by atoms with Crippen LogP contribution in [0, 0.1) is 11.3 Å². The number of hydrogen-bond donors (Lipinski definition) is 0. The van der Waals surface area contributed by atoms with E-state index in [4.69, 9.17) is 32.7 Å². The Bertz CT molecular complexity index is 1390. The molecule has 2 heterocycles. The van der Waals surface area contributed by atoms with Crippen molar-refractivity contribution in [1.82, 2.24) is 4.90 Å². The van der Waals surface area contributed by atoms with Crippen LogP contribution in [-0.4, -0.2) is 30.5 Å². The van der Waals surface area contributed by atoms with Gasteiger partial charge in [0.05, 0.1) is 36.3 Å². The number of amides is 1. The van der Waals surface area contributed by atoms with Crippen LogP contribution in [0.1, 0.15) is 23.5 Å². The Balaban J connectivity index is 1.39. The monoisotopic (exact) mass is 551 g/mol. The smallest absolute Gasteiger partial charge is 0.229 e. The first-order chi connectivity index (χ1) is 18.0. The number of methoxy groups -OCH3 is 1. The van der Waals surface area contributed by atoms with E-state index in [1.165, 1.54) is 11.8 Å². The number of halogens is 2. The summed E-state index contributed by atoms with van der Waals surface area (Å²) in [5.74, 6) is 1.32. The van der Waals surface area contributed by atoms with E-state index in [0.29, 0.717) is 51.3 Å². The van der Waals surface area contributed by atoms with Gasteiger partial charge < -0.3 is 14.4 Å². The van der Waals surface area contributed by atoms with E-state index in [9.17, 15) is 10.1 Å². The minimum Gasteiger partial charge on any atom is -0.493 e. The third kappa shape index (κ3) is 5.37. The summed E-state index contributed by atoms with van der Waals surface area (Å²) in [5, 5.41) is 11.9. The van der Waals surface area contributed by atoms with E-state index in [1.54, 1.807) is 18.1 Å². The van der Waals surface area contributed by atoms with Crippen molar-refractivity contribution in [1.29, 1.82) is 5.26 Å². The van der Waals surface area contributed by atoms with E-state index >= 15 is 0 Å². The Kier molecular flexibility index (Phi) is 7.52. The summed E-state index contributed by atoms with van der Waals surface area (Å²) in [6.45, 7) is 0.733. The van der Waals surface area contributed by atoms with Crippen LogP contribution in [0.15, 0.2) is 77.3 Å². The van der Waals surface area contributed by atoms with Crippen LogP contribution >= 0.6 is 35.0 Å². The average Bonchev–Trinajstić information content (AvgIpc) is 2.91. The van der Waals surface area contributed by atoms with Gasteiger partial charge in [-0.3, -0.25) is 9.69 Å². The largest absolute Gasteiger partial charge is 0.493 e. The number of thioether (sulfide) groups is 1. The third-order valence-electron chi connectivity index (χ3n) is 6.33. The Morgan fingerprint density at radius 1 is 1.05 bits per heavy atom. The summed E-state index contributed by atoms with van der Waals surface area (Å²) >= 11 is 13.8. The number of ether oxygens (including phenoxy) is 2. The molecule has 1 saturated heterocycles. The van der Waals surface area contributed by atoms with Crippen LogP contribution in [0.5, 0.6) is 11.5 Å². The van der Waals surface area contributed by atoms with Crippen molar-refractivity contribution in [3.8, 4) is 17.6 Å². The van der Waals surface area contributed by atoms with Crippen molar-refractivity contribution < 1.29 is 14.3 Å². The van der Waals surface area contributed by atoms with E-state index in [2.05, 4.69) is 6.07 Å². The Morgan fingerprint density at radius 2 is 1.81 bits per heavy atom. The molecule has 1 amide bonds. The van der Waals surface area contributed by atoms with Crippen LogP contribution in [-0.2, 0) is 11.4 Å². The molecular weight excluding hydrogens is 529 g/mol. The first-order valence-corrected chi connectivity index (χ1v) is 13.3. The number of allylic oxidation sites excluding steroid dienone is 1. The van der Waals surface area contributed by atoms with Gasteiger partial charge in [-0.2, -0.15) is 5.26 Å². The first kappa shape index (κ1) is 25.3. The highest BCUT2D eigenvalue weighted by Crippen LogP contribution is 2.45. The molecule has 9 heteroatoms. The number of fused-ring (bicyclic) bond motifs is 1. The number of nitriles is 1. The number of hydrogen-bond acceptors (Lipinski definition) is 6. The van der Waals surface area contributed by atoms with Gasteiger partial charge in [0.25, 0.3) is 0 Å². The molecule has 0 N–H and O–H groups in total. The zero-order chi connectivity index (χ0) is 25.9. The fraction of sp³-hybridized carbons (Fsp3) is 0.214. The Labute approximate surface area is 230 Å². The summed E-state index contributed by atoms with van der Waals surface area (Å²) in [6, 6.07) is 23.2. The van der Waals surface area contributed by atoms with Gasteiger partial charge in [0.1, 0.15) is 6.61 Å². The highest BCUT2D eigenvalue weighted by atomic mass is 35.5. The molecule has 3 aromatic carbocycles. The van der Waals surface area contributed by atoms with Crippen LogP contribution in [0.3, 0.4) is 0 Å². The van der Waals surface area contributed by atoms with Gasteiger partial charge in [-0.25, -0.2) is 0 Å². The van der Waals surface area contributed by atoms with Gasteiger partial charge >= 0.3 is 0 Å². The number of anilines is 1. The molecule has 3 aromatic rings. The fourth-order valence-corrected chi connectivity index (χ4v) is 6.17. The van der Waals surface area contributed by atoms with Crippen molar-refractivity contribution in [2.75, 3.05) is 24.6 Å². The highest BCUT2D eigenvalue weighted by Gasteiger charge is 2.38. The van der Waals surface area contributed by atoms with Crippen molar-refractivity contribution in [3.63, 3.8) is 0 Å². The number of carbonyl (C=O) groups is 1. The minimum atomic E-state index is -0.361. The zero-order valence-corrected chi connectivity index (χ0v) is 22.3. The molecule has 0 unspecified atom stereocenters.